The largest absolute Gasteiger partial charge is 0.416 e. The summed E-state index contributed by atoms with van der Waals surface area (Å²) in [6.45, 7) is 0. The molecule has 0 aliphatic carbocycles. The van der Waals surface area contributed by atoms with Crippen LogP contribution in [0.2, 0.25) is 10.0 Å². The fraction of sp³-hybridized carbons (Fsp3) is 0.105. The molecule has 0 spiro atoms. The van der Waals surface area contributed by atoms with Crippen molar-refractivity contribution in [3.63, 3.8) is 0 Å². The zero-order valence-electron chi connectivity index (χ0n) is 15.6. The Balaban J connectivity index is 1.80. The number of alkyl halides is 3. The third-order valence-corrected chi connectivity index (χ3v) is 4.75. The van der Waals surface area contributed by atoms with Crippen molar-refractivity contribution in [1.29, 1.82) is 0 Å². The van der Waals surface area contributed by atoms with Crippen molar-refractivity contribution >= 4 is 58.9 Å². The first-order valence-electron chi connectivity index (χ1n) is 8.63. The van der Waals surface area contributed by atoms with Crippen molar-refractivity contribution in [2.45, 2.75) is 6.18 Å². The average Bonchev–Trinajstić information content (AvgIpc) is 2.69. The van der Waals surface area contributed by atoms with E-state index in [1.165, 1.54) is 18.2 Å². The molecule has 0 radical (unpaired) electrons. The Hall–Kier alpha value is -3.44. The number of anilines is 1. The molecule has 166 valence electrons. The number of imide groups is 2. The summed E-state index contributed by atoms with van der Waals surface area (Å²) in [5.74, 6) is -4.69. The summed E-state index contributed by atoms with van der Waals surface area (Å²) in [5.41, 5.74) is 0.578. The average molecular weight is 487 g/mol. The minimum absolute atomic E-state index is 0.00779. The summed E-state index contributed by atoms with van der Waals surface area (Å²) < 4.78 is 38.9. The van der Waals surface area contributed by atoms with Gasteiger partial charge in [-0.25, -0.2) is 15.1 Å². The Morgan fingerprint density at radius 2 is 1.84 bits per heavy atom. The quantitative estimate of drug-likeness (QED) is 0.390. The predicted molar refractivity (Wildman–Crippen MR) is 108 cm³/mol. The van der Waals surface area contributed by atoms with E-state index in [0.717, 1.165) is 24.4 Å². The van der Waals surface area contributed by atoms with Gasteiger partial charge in [0.1, 0.15) is 0 Å². The first kappa shape index (κ1) is 23.2. The van der Waals surface area contributed by atoms with Gasteiger partial charge in [-0.15, -0.1) is 0 Å². The first-order chi connectivity index (χ1) is 15.0. The number of nitrogens with zero attached hydrogens (tertiary/aromatic N) is 2. The molecule has 0 aromatic heterocycles. The minimum atomic E-state index is -4.71. The van der Waals surface area contributed by atoms with Crippen LogP contribution in [-0.4, -0.2) is 30.0 Å². The van der Waals surface area contributed by atoms with Crippen LogP contribution in [0.5, 0.6) is 0 Å². The number of hydrogen-bond donors (Lipinski definition) is 2. The number of halogens is 5. The lowest BCUT2D eigenvalue weighted by Crippen LogP contribution is -2.58. The topological polar surface area (TPSA) is 108 Å². The van der Waals surface area contributed by atoms with Crippen LogP contribution in [-0.2, 0) is 15.8 Å². The van der Waals surface area contributed by atoms with E-state index in [9.17, 15) is 32.3 Å². The van der Waals surface area contributed by atoms with E-state index in [-0.39, 0.29) is 10.6 Å². The highest BCUT2D eigenvalue weighted by atomic mass is 35.5. The first-order valence-corrected chi connectivity index (χ1v) is 9.39. The van der Waals surface area contributed by atoms with E-state index in [4.69, 9.17) is 23.2 Å². The summed E-state index contributed by atoms with van der Waals surface area (Å²) in [4.78, 5) is 49.4. The van der Waals surface area contributed by atoms with Crippen molar-refractivity contribution in [3.8, 4) is 0 Å². The van der Waals surface area contributed by atoms with Crippen molar-refractivity contribution in [1.82, 2.24) is 10.7 Å². The van der Waals surface area contributed by atoms with Gasteiger partial charge in [0.25, 0.3) is 11.8 Å². The minimum Gasteiger partial charge on any atom is -0.276 e. The lowest BCUT2D eigenvalue weighted by Gasteiger charge is -2.28. The Labute approximate surface area is 188 Å². The molecule has 1 atom stereocenters. The van der Waals surface area contributed by atoms with Gasteiger partial charge in [0.05, 0.1) is 21.8 Å². The van der Waals surface area contributed by atoms with Gasteiger partial charge < -0.3 is 0 Å². The molecule has 2 aromatic rings. The highest BCUT2D eigenvalue weighted by molar-refractivity contribution is 6.37. The van der Waals surface area contributed by atoms with E-state index in [2.05, 4.69) is 10.5 Å². The molecule has 3 rings (SSSR count). The molecule has 1 aliphatic rings. The van der Waals surface area contributed by atoms with Crippen LogP contribution in [0.4, 0.5) is 23.7 Å². The molecule has 0 saturated carbocycles. The molecule has 0 bridgehead atoms. The number of barbiturate groups is 1. The van der Waals surface area contributed by atoms with Gasteiger partial charge in [0.15, 0.2) is 5.92 Å². The van der Waals surface area contributed by atoms with E-state index in [1.54, 1.807) is 0 Å². The number of hydrogen-bond acceptors (Lipinski definition) is 5. The molecule has 1 aliphatic heterocycles. The van der Waals surface area contributed by atoms with Crippen molar-refractivity contribution in [2.75, 3.05) is 4.90 Å². The maximum absolute atomic E-state index is 13.0. The molecule has 5 amide bonds. The molecule has 1 saturated heterocycles. The molecule has 13 heteroatoms. The lowest BCUT2D eigenvalue weighted by atomic mass is 10.1. The van der Waals surface area contributed by atoms with Crippen LogP contribution in [0.1, 0.15) is 15.9 Å². The van der Waals surface area contributed by atoms with Crippen LogP contribution < -0.4 is 15.6 Å². The van der Waals surface area contributed by atoms with Gasteiger partial charge in [-0.3, -0.25) is 19.7 Å². The Kier molecular flexibility index (Phi) is 6.51. The van der Waals surface area contributed by atoms with Gasteiger partial charge in [-0.1, -0.05) is 29.3 Å². The number of carbonyl (C=O) groups is 4. The van der Waals surface area contributed by atoms with Crippen LogP contribution in [0.15, 0.2) is 47.6 Å². The highest BCUT2D eigenvalue weighted by Gasteiger charge is 2.41. The number of amides is 5. The maximum atomic E-state index is 13.0. The molecule has 2 N–H and O–H groups in total. The fourth-order valence-corrected chi connectivity index (χ4v) is 3.19. The van der Waals surface area contributed by atoms with Gasteiger partial charge in [-0.05, 0) is 36.4 Å². The van der Waals surface area contributed by atoms with Crippen molar-refractivity contribution in [3.05, 3.63) is 63.6 Å². The number of nitrogens with one attached hydrogen (secondary N) is 2. The molecule has 32 heavy (non-hydrogen) atoms. The second-order valence-electron chi connectivity index (χ2n) is 6.34. The zero-order valence-corrected chi connectivity index (χ0v) is 17.1. The predicted octanol–water partition coefficient (Wildman–Crippen LogP) is 3.63. The highest BCUT2D eigenvalue weighted by Crippen LogP contribution is 2.32. The lowest BCUT2D eigenvalue weighted by molar-refractivity contribution is -0.138. The van der Waals surface area contributed by atoms with E-state index < -0.39 is 47.1 Å². The third-order valence-electron chi connectivity index (χ3n) is 4.20. The second-order valence-corrected chi connectivity index (χ2v) is 7.18. The van der Waals surface area contributed by atoms with Gasteiger partial charge in [-0.2, -0.15) is 18.3 Å². The fourth-order valence-electron chi connectivity index (χ4n) is 2.69. The molecule has 1 heterocycles. The summed E-state index contributed by atoms with van der Waals surface area (Å²) >= 11 is 11.7. The Morgan fingerprint density at radius 1 is 1.12 bits per heavy atom. The van der Waals surface area contributed by atoms with Crippen molar-refractivity contribution in [2.24, 2.45) is 11.0 Å². The van der Waals surface area contributed by atoms with Crippen LogP contribution in [0.25, 0.3) is 0 Å². The smallest absolute Gasteiger partial charge is 0.276 e. The zero-order chi connectivity index (χ0) is 23.6. The normalized spacial score (nSPS) is 17.0. The summed E-state index contributed by atoms with van der Waals surface area (Å²) in [6.07, 6.45) is -3.97. The van der Waals surface area contributed by atoms with Crippen LogP contribution in [0.3, 0.4) is 0 Å². The van der Waals surface area contributed by atoms with Crippen molar-refractivity contribution < 1.29 is 32.3 Å². The molecule has 1 unspecified atom stereocenters. The number of hydrazone groups is 1. The number of rotatable bonds is 4. The summed E-state index contributed by atoms with van der Waals surface area (Å²) in [5, 5.41) is 5.70. The number of urea groups is 1. The summed E-state index contributed by atoms with van der Waals surface area (Å²) in [6, 6.07) is 6.28. The van der Waals surface area contributed by atoms with E-state index in [0.29, 0.717) is 16.0 Å². The third kappa shape index (κ3) is 4.89. The molecule has 1 fully saturated rings. The van der Waals surface area contributed by atoms with E-state index in [1.807, 2.05) is 5.32 Å². The maximum Gasteiger partial charge on any atom is 0.416 e. The van der Waals surface area contributed by atoms with Gasteiger partial charge in [0.2, 0.25) is 5.91 Å². The number of benzene rings is 2. The standard InChI is InChI=1S/C19H11Cl2F3N4O4/c20-10-4-5-12(14(21)7-10)16(30)27-25-8-13-15(29)26-18(32)28(17(13)31)11-3-1-2-9(6-11)19(22,23)24/h1-8,13H,(H,27,30)(H,26,29,32). The Bertz CT molecular complexity index is 1150. The monoisotopic (exact) mass is 486 g/mol. The van der Waals surface area contributed by atoms with Gasteiger partial charge in [0, 0.05) is 11.2 Å². The van der Waals surface area contributed by atoms with Gasteiger partial charge >= 0.3 is 12.2 Å². The second kappa shape index (κ2) is 8.97. The molecule has 2 aromatic carbocycles. The molecular weight excluding hydrogens is 476 g/mol. The Morgan fingerprint density at radius 3 is 2.50 bits per heavy atom. The number of carbonyl (C=O) groups excluding carboxylic acids is 4. The van der Waals surface area contributed by atoms with Crippen LogP contribution >= 0.6 is 23.2 Å². The molecule has 8 nitrogen and oxygen atoms in total. The van der Waals surface area contributed by atoms with Crippen LogP contribution in [0, 0.1) is 5.92 Å². The van der Waals surface area contributed by atoms with E-state index >= 15 is 0 Å². The molecular formula is C19H11Cl2F3N4O4. The summed E-state index contributed by atoms with van der Waals surface area (Å²) in [7, 11) is 0. The SMILES string of the molecule is O=C(NN=CC1C(=O)NC(=O)N(c2cccc(C(F)(F)F)c2)C1=O)c1ccc(Cl)cc1Cl.